The fourth-order valence-corrected chi connectivity index (χ4v) is 1.97. The lowest BCUT2D eigenvalue weighted by atomic mass is 9.83. The second-order valence-electron chi connectivity index (χ2n) is 3.76. The van der Waals surface area contributed by atoms with Crippen molar-refractivity contribution in [2.24, 2.45) is 11.7 Å². The van der Waals surface area contributed by atoms with Crippen LogP contribution in [0.25, 0.3) is 0 Å². The van der Waals surface area contributed by atoms with E-state index in [9.17, 15) is 9.18 Å². The van der Waals surface area contributed by atoms with E-state index in [-0.39, 0.29) is 17.6 Å². The molecule has 0 bridgehead atoms. The van der Waals surface area contributed by atoms with Crippen molar-refractivity contribution in [2.75, 3.05) is 0 Å². The maximum absolute atomic E-state index is 12.9. The number of halogens is 1. The van der Waals surface area contributed by atoms with Gasteiger partial charge in [0.05, 0.1) is 0 Å². The SMILES string of the molecule is CC.NC(=O)C1CCc2cc(F)ccc2C1. The molecule has 88 valence electrons. The molecule has 1 aromatic carbocycles. The van der Waals surface area contributed by atoms with Gasteiger partial charge in [-0.15, -0.1) is 0 Å². The Bertz CT molecular complexity index is 376. The summed E-state index contributed by atoms with van der Waals surface area (Å²) in [4.78, 5) is 11.0. The predicted molar refractivity (Wildman–Crippen MR) is 62.5 cm³/mol. The van der Waals surface area contributed by atoms with Crippen LogP contribution >= 0.6 is 0 Å². The number of carbonyl (C=O) groups excluding carboxylic acids is 1. The van der Waals surface area contributed by atoms with Crippen molar-refractivity contribution in [3.8, 4) is 0 Å². The summed E-state index contributed by atoms with van der Waals surface area (Å²) in [6.45, 7) is 4.00. The molecule has 2 rings (SSSR count). The minimum absolute atomic E-state index is 0.0760. The van der Waals surface area contributed by atoms with E-state index < -0.39 is 0 Å². The monoisotopic (exact) mass is 223 g/mol. The molecule has 0 saturated carbocycles. The Kier molecular flexibility index (Phi) is 4.47. The van der Waals surface area contributed by atoms with Crippen LogP contribution in [0.2, 0.25) is 0 Å². The number of aryl methyl sites for hydroxylation is 1. The van der Waals surface area contributed by atoms with Gasteiger partial charge in [0.2, 0.25) is 5.91 Å². The van der Waals surface area contributed by atoms with Crippen LogP contribution in [-0.4, -0.2) is 5.91 Å². The summed E-state index contributed by atoms with van der Waals surface area (Å²) in [7, 11) is 0. The summed E-state index contributed by atoms with van der Waals surface area (Å²) in [6, 6.07) is 4.73. The molecule has 2 N–H and O–H groups in total. The molecule has 1 aromatic rings. The normalized spacial score (nSPS) is 18.1. The van der Waals surface area contributed by atoms with Crippen LogP contribution in [0.3, 0.4) is 0 Å². The van der Waals surface area contributed by atoms with Gasteiger partial charge in [0.15, 0.2) is 0 Å². The first-order valence-electron chi connectivity index (χ1n) is 5.73. The van der Waals surface area contributed by atoms with Gasteiger partial charge >= 0.3 is 0 Å². The molecule has 0 fully saturated rings. The number of primary amides is 1. The highest BCUT2D eigenvalue weighted by atomic mass is 19.1. The van der Waals surface area contributed by atoms with E-state index in [1.54, 1.807) is 12.1 Å². The van der Waals surface area contributed by atoms with Crippen LogP contribution < -0.4 is 5.73 Å². The molecule has 16 heavy (non-hydrogen) atoms. The van der Waals surface area contributed by atoms with Gasteiger partial charge in [-0.25, -0.2) is 4.39 Å². The summed E-state index contributed by atoms with van der Waals surface area (Å²) >= 11 is 0. The van der Waals surface area contributed by atoms with E-state index >= 15 is 0 Å². The molecule has 0 saturated heterocycles. The highest BCUT2D eigenvalue weighted by Gasteiger charge is 2.22. The minimum Gasteiger partial charge on any atom is -0.369 e. The molecule has 1 amide bonds. The molecule has 0 spiro atoms. The van der Waals surface area contributed by atoms with Gasteiger partial charge in [0.1, 0.15) is 5.82 Å². The Balaban J connectivity index is 0.000000606. The summed E-state index contributed by atoms with van der Waals surface area (Å²) in [5, 5.41) is 0. The Morgan fingerprint density at radius 3 is 2.69 bits per heavy atom. The number of hydrogen-bond acceptors (Lipinski definition) is 1. The quantitative estimate of drug-likeness (QED) is 0.780. The fourth-order valence-electron chi connectivity index (χ4n) is 1.97. The summed E-state index contributed by atoms with van der Waals surface area (Å²) in [6.07, 6.45) is 2.15. The number of benzene rings is 1. The topological polar surface area (TPSA) is 43.1 Å². The standard InChI is InChI=1S/C11H12FNO.C2H6/c12-10-4-3-7-5-9(11(13)14)2-1-8(7)6-10;1-2/h3-4,6,9H,1-2,5H2,(H2,13,14);1-2H3. The van der Waals surface area contributed by atoms with E-state index in [4.69, 9.17) is 5.73 Å². The number of nitrogens with two attached hydrogens (primary N) is 1. The van der Waals surface area contributed by atoms with Crippen molar-refractivity contribution in [1.82, 2.24) is 0 Å². The molecule has 1 aliphatic carbocycles. The van der Waals surface area contributed by atoms with Gasteiger partial charge in [-0.05, 0) is 42.5 Å². The molecule has 0 heterocycles. The Labute approximate surface area is 95.7 Å². The Morgan fingerprint density at radius 2 is 2.06 bits per heavy atom. The first-order chi connectivity index (χ1) is 7.66. The van der Waals surface area contributed by atoms with Crippen molar-refractivity contribution in [1.29, 1.82) is 0 Å². The molecule has 2 nitrogen and oxygen atoms in total. The zero-order valence-electron chi connectivity index (χ0n) is 9.79. The third-order valence-corrected chi connectivity index (χ3v) is 2.80. The molecular weight excluding hydrogens is 205 g/mol. The van der Waals surface area contributed by atoms with Crippen LogP contribution in [-0.2, 0) is 17.6 Å². The van der Waals surface area contributed by atoms with Crippen molar-refractivity contribution in [2.45, 2.75) is 33.1 Å². The van der Waals surface area contributed by atoms with Crippen molar-refractivity contribution in [3.63, 3.8) is 0 Å². The number of fused-ring (bicyclic) bond motifs is 1. The van der Waals surface area contributed by atoms with Crippen molar-refractivity contribution in [3.05, 3.63) is 35.1 Å². The predicted octanol–water partition coefficient (Wildman–Crippen LogP) is 2.44. The molecule has 0 aliphatic heterocycles. The van der Waals surface area contributed by atoms with Gasteiger partial charge in [0, 0.05) is 5.92 Å². The highest BCUT2D eigenvalue weighted by molar-refractivity contribution is 5.77. The van der Waals surface area contributed by atoms with E-state index in [1.807, 2.05) is 13.8 Å². The maximum atomic E-state index is 12.9. The fraction of sp³-hybridized carbons (Fsp3) is 0.462. The Hall–Kier alpha value is -1.38. The number of carbonyl (C=O) groups is 1. The van der Waals surface area contributed by atoms with Gasteiger partial charge in [-0.3, -0.25) is 4.79 Å². The van der Waals surface area contributed by atoms with Crippen LogP contribution in [0.15, 0.2) is 18.2 Å². The molecule has 1 atom stereocenters. The highest BCUT2D eigenvalue weighted by Crippen LogP contribution is 2.25. The van der Waals surface area contributed by atoms with Crippen LogP contribution in [0.4, 0.5) is 4.39 Å². The molecular formula is C13H18FNO. The van der Waals surface area contributed by atoms with E-state index in [1.165, 1.54) is 6.07 Å². The first-order valence-corrected chi connectivity index (χ1v) is 5.73. The van der Waals surface area contributed by atoms with Crippen molar-refractivity contribution >= 4 is 5.91 Å². The maximum Gasteiger partial charge on any atom is 0.220 e. The van der Waals surface area contributed by atoms with E-state index in [0.29, 0.717) is 6.42 Å². The third-order valence-electron chi connectivity index (χ3n) is 2.80. The second-order valence-corrected chi connectivity index (χ2v) is 3.76. The minimum atomic E-state index is -0.250. The molecule has 0 radical (unpaired) electrons. The van der Waals surface area contributed by atoms with Crippen molar-refractivity contribution < 1.29 is 9.18 Å². The van der Waals surface area contributed by atoms with E-state index in [0.717, 1.165) is 24.0 Å². The summed E-state index contributed by atoms with van der Waals surface area (Å²) < 4.78 is 12.9. The lowest BCUT2D eigenvalue weighted by molar-refractivity contribution is -0.122. The average Bonchev–Trinajstić information content (AvgIpc) is 2.30. The lowest BCUT2D eigenvalue weighted by Crippen LogP contribution is -2.28. The van der Waals surface area contributed by atoms with Crippen LogP contribution in [0, 0.1) is 11.7 Å². The second kappa shape index (κ2) is 5.64. The van der Waals surface area contributed by atoms with Gasteiger partial charge in [-0.2, -0.15) is 0 Å². The zero-order chi connectivity index (χ0) is 12.1. The molecule has 1 unspecified atom stereocenters. The van der Waals surface area contributed by atoms with Gasteiger partial charge in [0.25, 0.3) is 0 Å². The third kappa shape index (κ3) is 2.81. The van der Waals surface area contributed by atoms with Gasteiger partial charge < -0.3 is 5.73 Å². The van der Waals surface area contributed by atoms with Crippen LogP contribution in [0.5, 0.6) is 0 Å². The first kappa shape index (κ1) is 12.7. The summed E-state index contributed by atoms with van der Waals surface area (Å²) in [5.74, 6) is -0.533. The number of amides is 1. The van der Waals surface area contributed by atoms with E-state index in [2.05, 4.69) is 0 Å². The molecule has 3 heteroatoms. The average molecular weight is 223 g/mol. The smallest absolute Gasteiger partial charge is 0.220 e. The number of hydrogen-bond donors (Lipinski definition) is 1. The Morgan fingerprint density at radius 1 is 1.38 bits per heavy atom. The molecule has 1 aliphatic rings. The summed E-state index contributed by atoms with van der Waals surface area (Å²) in [5.41, 5.74) is 7.31. The number of rotatable bonds is 1. The largest absolute Gasteiger partial charge is 0.369 e. The van der Waals surface area contributed by atoms with Gasteiger partial charge in [-0.1, -0.05) is 19.9 Å². The van der Waals surface area contributed by atoms with Crippen LogP contribution in [0.1, 0.15) is 31.4 Å². The lowest BCUT2D eigenvalue weighted by Gasteiger charge is -2.21. The zero-order valence-corrected chi connectivity index (χ0v) is 9.79. The molecule has 0 aromatic heterocycles.